The van der Waals surface area contributed by atoms with Gasteiger partial charge in [0, 0.05) is 48.2 Å². The van der Waals surface area contributed by atoms with Gasteiger partial charge in [-0.25, -0.2) is 0 Å². The quantitative estimate of drug-likeness (QED) is 0.397. The van der Waals surface area contributed by atoms with Crippen molar-refractivity contribution in [3.05, 3.63) is 64.2 Å². The summed E-state index contributed by atoms with van der Waals surface area (Å²) in [5, 5.41) is 18.8. The van der Waals surface area contributed by atoms with Gasteiger partial charge in [-0.05, 0) is 68.7 Å². The Bertz CT molecular complexity index is 1380. The maximum absolute atomic E-state index is 13.6. The van der Waals surface area contributed by atoms with E-state index in [0.29, 0.717) is 42.3 Å². The monoisotopic (exact) mass is 627 g/mol. The molecule has 0 radical (unpaired) electrons. The Labute approximate surface area is 261 Å². The highest BCUT2D eigenvalue weighted by molar-refractivity contribution is 6.30. The molecule has 0 unspecified atom stereocenters. The number of likely N-dealkylation sites (tertiary alicyclic amines) is 1. The number of aliphatic hydroxyl groups is 1. The van der Waals surface area contributed by atoms with Crippen LogP contribution < -0.4 is 20.7 Å². The van der Waals surface area contributed by atoms with Crippen LogP contribution in [-0.4, -0.2) is 102 Å². The number of amides is 5. The lowest BCUT2D eigenvalue weighted by Gasteiger charge is -2.34. The predicted octanol–water partition coefficient (Wildman–Crippen LogP) is 1.13. The van der Waals surface area contributed by atoms with Gasteiger partial charge in [-0.15, -0.1) is 0 Å². The van der Waals surface area contributed by atoms with E-state index in [1.165, 1.54) is 17.9 Å². The van der Waals surface area contributed by atoms with Crippen LogP contribution in [0.2, 0.25) is 5.02 Å². The molecule has 236 valence electrons. The summed E-state index contributed by atoms with van der Waals surface area (Å²) in [6.45, 7) is 4.03. The molecule has 2 aliphatic heterocycles. The van der Waals surface area contributed by atoms with E-state index in [1.807, 2.05) is 6.92 Å². The Balaban J connectivity index is 1.43. The van der Waals surface area contributed by atoms with Gasteiger partial charge in [0.25, 0.3) is 11.8 Å². The number of fused-ring (bicyclic) bond motifs is 2. The third kappa shape index (κ3) is 8.48. The van der Waals surface area contributed by atoms with Crippen molar-refractivity contribution in [1.29, 1.82) is 0 Å². The van der Waals surface area contributed by atoms with Crippen molar-refractivity contribution >= 4 is 41.1 Å². The van der Waals surface area contributed by atoms with Crippen molar-refractivity contribution in [3.63, 3.8) is 0 Å². The van der Waals surface area contributed by atoms with Crippen LogP contribution in [0, 0.1) is 12.8 Å². The lowest BCUT2D eigenvalue weighted by atomic mass is 9.94. The topological polar surface area (TPSA) is 157 Å². The summed E-state index contributed by atoms with van der Waals surface area (Å²) in [6.07, 6.45) is -0.360. The normalized spacial score (nSPS) is 20.0. The summed E-state index contributed by atoms with van der Waals surface area (Å²) in [4.78, 5) is 68.3. The number of nitrogens with zero attached hydrogens (tertiary/aromatic N) is 2. The van der Waals surface area contributed by atoms with E-state index in [0.717, 1.165) is 5.56 Å². The van der Waals surface area contributed by atoms with Gasteiger partial charge < -0.3 is 35.6 Å². The molecular formula is C31H38ClN5O7. The number of hydrogen-bond donors (Lipinski definition) is 4. The summed E-state index contributed by atoms with van der Waals surface area (Å²) in [6, 6.07) is 10.2. The van der Waals surface area contributed by atoms with Gasteiger partial charge in [0.1, 0.15) is 18.4 Å². The van der Waals surface area contributed by atoms with E-state index in [-0.39, 0.29) is 50.2 Å². The van der Waals surface area contributed by atoms with E-state index in [4.69, 9.17) is 16.3 Å². The molecule has 2 aliphatic rings. The first-order chi connectivity index (χ1) is 21.0. The molecule has 2 aromatic rings. The highest BCUT2D eigenvalue weighted by Gasteiger charge is 2.32. The largest absolute Gasteiger partial charge is 0.491 e. The molecular weight excluding hydrogens is 590 g/mol. The van der Waals surface area contributed by atoms with Crippen molar-refractivity contribution in [2.75, 3.05) is 45.9 Å². The third-order valence-electron chi connectivity index (χ3n) is 7.73. The molecule has 2 atom stereocenters. The van der Waals surface area contributed by atoms with E-state index >= 15 is 0 Å². The fraction of sp³-hybridized carbons (Fsp3) is 0.452. The number of rotatable bonds is 3. The number of piperidine rings is 1. The second kappa shape index (κ2) is 15.0. The van der Waals surface area contributed by atoms with E-state index in [2.05, 4.69) is 16.0 Å². The van der Waals surface area contributed by atoms with Crippen molar-refractivity contribution in [1.82, 2.24) is 25.8 Å². The number of carbonyl (C=O) groups excluding carboxylic acids is 5. The summed E-state index contributed by atoms with van der Waals surface area (Å²) in [7, 11) is 0. The molecule has 12 nitrogen and oxygen atoms in total. The maximum atomic E-state index is 13.6. The summed E-state index contributed by atoms with van der Waals surface area (Å²) in [5.74, 6) is -1.96. The molecule has 0 aromatic heterocycles. The molecule has 4 rings (SSSR count). The summed E-state index contributed by atoms with van der Waals surface area (Å²) >= 11 is 5.93. The van der Waals surface area contributed by atoms with Gasteiger partial charge in [-0.3, -0.25) is 24.0 Å². The molecule has 4 N–H and O–H groups in total. The lowest BCUT2D eigenvalue weighted by Crippen LogP contribution is -2.54. The average Bonchev–Trinajstić information content (AvgIpc) is 3.01. The van der Waals surface area contributed by atoms with Gasteiger partial charge in [0.15, 0.2) is 0 Å². The predicted molar refractivity (Wildman–Crippen MR) is 162 cm³/mol. The van der Waals surface area contributed by atoms with Crippen molar-refractivity contribution in [3.8, 4) is 5.75 Å². The first-order valence-corrected chi connectivity index (χ1v) is 15.0. The Morgan fingerprint density at radius 1 is 0.977 bits per heavy atom. The van der Waals surface area contributed by atoms with Crippen LogP contribution in [0.15, 0.2) is 42.5 Å². The Morgan fingerprint density at radius 3 is 2.36 bits per heavy atom. The highest BCUT2D eigenvalue weighted by Crippen LogP contribution is 2.23. The number of aryl methyl sites for hydroxylation is 1. The highest BCUT2D eigenvalue weighted by atomic mass is 35.5. The number of ether oxygens (including phenoxy) is 1. The number of benzene rings is 2. The van der Waals surface area contributed by atoms with Crippen molar-refractivity contribution in [2.24, 2.45) is 5.92 Å². The Morgan fingerprint density at radius 2 is 1.68 bits per heavy atom. The number of halogens is 1. The molecule has 0 aliphatic carbocycles. The molecule has 0 saturated carbocycles. The standard InChI is InChI=1S/C31H38ClN5O7/c1-19-3-4-23-17-25(19)44-16-12-33-26(39)18-37(15-11-34-29(41)27(20(2)38)35-28(23)40)31(43)22-9-13-36(14-10-22)30(42)21-5-7-24(32)8-6-21/h3-8,17,20,22,27,38H,9-16,18H2,1-2H3,(H,33,39)(H,34,41)(H,35,40)/t20-,27+/m1/s1. The van der Waals surface area contributed by atoms with E-state index in [1.54, 1.807) is 41.3 Å². The second-order valence-corrected chi connectivity index (χ2v) is 11.4. The number of nitrogens with one attached hydrogen (secondary N) is 3. The van der Waals surface area contributed by atoms with Gasteiger partial charge in [0.05, 0.1) is 19.2 Å². The van der Waals surface area contributed by atoms with E-state index in [9.17, 15) is 29.1 Å². The molecule has 0 spiro atoms. The molecule has 2 heterocycles. The minimum Gasteiger partial charge on any atom is -0.491 e. The van der Waals surface area contributed by atoms with Crippen LogP contribution in [0.3, 0.4) is 0 Å². The van der Waals surface area contributed by atoms with Gasteiger partial charge in [-0.2, -0.15) is 0 Å². The molecule has 44 heavy (non-hydrogen) atoms. The maximum Gasteiger partial charge on any atom is 0.253 e. The van der Waals surface area contributed by atoms with Crippen LogP contribution in [0.4, 0.5) is 0 Å². The van der Waals surface area contributed by atoms with Crippen LogP contribution in [0.25, 0.3) is 0 Å². The SMILES string of the molecule is Cc1ccc2cc1OCCNC(=O)CN(C(=O)C1CCN(C(=O)c3ccc(Cl)cc3)CC1)CCNC(=O)[C@H]([C@@H](C)O)NC2=O. The zero-order valence-electron chi connectivity index (χ0n) is 24.8. The van der Waals surface area contributed by atoms with Crippen molar-refractivity contribution in [2.45, 2.75) is 38.8 Å². The molecule has 2 bridgehead atoms. The smallest absolute Gasteiger partial charge is 0.253 e. The summed E-state index contributed by atoms with van der Waals surface area (Å²) < 4.78 is 5.79. The first kappa shape index (κ1) is 32.7. The summed E-state index contributed by atoms with van der Waals surface area (Å²) in [5.41, 5.74) is 1.53. The van der Waals surface area contributed by atoms with Crippen LogP contribution in [0.1, 0.15) is 46.0 Å². The zero-order valence-corrected chi connectivity index (χ0v) is 25.6. The van der Waals surface area contributed by atoms with Crippen molar-refractivity contribution < 1.29 is 33.8 Å². The molecule has 13 heteroatoms. The van der Waals surface area contributed by atoms with Crippen LogP contribution in [-0.2, 0) is 14.4 Å². The molecule has 1 fully saturated rings. The van der Waals surface area contributed by atoms with Crippen LogP contribution in [0.5, 0.6) is 5.75 Å². The fourth-order valence-corrected chi connectivity index (χ4v) is 5.29. The van der Waals surface area contributed by atoms with Gasteiger partial charge in [0.2, 0.25) is 17.7 Å². The number of aliphatic hydroxyl groups excluding tert-OH is 1. The molecule has 5 amide bonds. The van der Waals surface area contributed by atoms with Gasteiger partial charge in [-0.1, -0.05) is 17.7 Å². The average molecular weight is 628 g/mol. The van der Waals surface area contributed by atoms with Gasteiger partial charge >= 0.3 is 0 Å². The Kier molecular flexibility index (Phi) is 11.2. The fourth-order valence-electron chi connectivity index (χ4n) is 5.16. The zero-order chi connectivity index (χ0) is 31.8. The number of carbonyl (C=O) groups is 5. The third-order valence-corrected chi connectivity index (χ3v) is 7.99. The number of hydrogen-bond acceptors (Lipinski definition) is 7. The second-order valence-electron chi connectivity index (χ2n) is 11.0. The molecule has 1 saturated heterocycles. The van der Waals surface area contributed by atoms with Crippen LogP contribution >= 0.6 is 11.6 Å². The molecule has 2 aromatic carbocycles. The van der Waals surface area contributed by atoms with E-state index < -0.39 is 35.8 Å². The first-order valence-electron chi connectivity index (χ1n) is 14.6. The Hall–Kier alpha value is -4.16. The minimum atomic E-state index is -1.25. The lowest BCUT2D eigenvalue weighted by molar-refractivity contribution is -0.140. The minimum absolute atomic E-state index is 0.0113.